The number of carbonyl (C=O) groups excluding carboxylic acids is 2. The summed E-state index contributed by atoms with van der Waals surface area (Å²) in [6.45, 7) is 7.38. The van der Waals surface area contributed by atoms with Crippen LogP contribution in [0.1, 0.15) is 33.6 Å². The Morgan fingerprint density at radius 2 is 1.68 bits per heavy atom. The average molecular weight is 303 g/mol. The van der Waals surface area contributed by atoms with Crippen LogP contribution in [0.3, 0.4) is 0 Å². The number of piperidine rings is 1. The largest absolute Gasteiger partial charge is 0.326 e. The first-order valence-electron chi connectivity index (χ1n) is 7.79. The predicted molar refractivity (Wildman–Crippen MR) is 88.8 cm³/mol. The minimum absolute atomic E-state index is 0.0469. The van der Waals surface area contributed by atoms with Crippen molar-refractivity contribution >= 4 is 23.2 Å². The quantitative estimate of drug-likeness (QED) is 0.804. The molecule has 2 rings (SSSR count). The summed E-state index contributed by atoms with van der Waals surface area (Å²) in [5.41, 5.74) is 0.965. The molecule has 1 aliphatic heterocycles. The van der Waals surface area contributed by atoms with E-state index in [0.717, 1.165) is 31.6 Å². The first-order valence-corrected chi connectivity index (χ1v) is 7.79. The highest BCUT2D eigenvalue weighted by atomic mass is 16.2. The second-order valence-electron chi connectivity index (χ2n) is 6.80. The Hall–Kier alpha value is -1.88. The number of rotatable bonds is 3. The third kappa shape index (κ3) is 4.56. The Labute approximate surface area is 131 Å². The lowest BCUT2D eigenvalue weighted by atomic mass is 9.95. The van der Waals surface area contributed by atoms with E-state index < -0.39 is 5.41 Å². The van der Waals surface area contributed by atoms with Gasteiger partial charge in [-0.2, -0.15) is 0 Å². The van der Waals surface area contributed by atoms with Gasteiger partial charge in [0.05, 0.1) is 0 Å². The highest BCUT2D eigenvalue weighted by molar-refractivity contribution is 5.96. The standard InChI is InChI=1S/C17H25N3O2/c1-17(2,3)16(22)20-14-6-4-5-13(11-14)19-15(21)12-7-9-18-10-8-12/h4-6,11-12,18H,7-10H2,1-3H3,(H,19,21)(H,20,22). The lowest BCUT2D eigenvalue weighted by Gasteiger charge is -2.22. The van der Waals surface area contributed by atoms with E-state index in [2.05, 4.69) is 16.0 Å². The van der Waals surface area contributed by atoms with Gasteiger partial charge in [-0.15, -0.1) is 0 Å². The monoisotopic (exact) mass is 303 g/mol. The van der Waals surface area contributed by atoms with Crippen molar-refractivity contribution in [2.75, 3.05) is 23.7 Å². The zero-order chi connectivity index (χ0) is 16.2. The molecule has 1 aromatic carbocycles. The van der Waals surface area contributed by atoms with Crippen LogP contribution in [0.5, 0.6) is 0 Å². The van der Waals surface area contributed by atoms with Gasteiger partial charge in [-0.3, -0.25) is 9.59 Å². The summed E-state index contributed by atoms with van der Waals surface area (Å²) in [6, 6.07) is 7.29. The Morgan fingerprint density at radius 1 is 1.09 bits per heavy atom. The Bertz CT molecular complexity index is 543. The molecule has 22 heavy (non-hydrogen) atoms. The van der Waals surface area contributed by atoms with Crippen LogP contribution in [-0.4, -0.2) is 24.9 Å². The van der Waals surface area contributed by atoms with Gasteiger partial charge >= 0.3 is 0 Å². The van der Waals surface area contributed by atoms with Crippen molar-refractivity contribution in [2.24, 2.45) is 11.3 Å². The highest BCUT2D eigenvalue weighted by Gasteiger charge is 2.22. The molecule has 1 aromatic rings. The van der Waals surface area contributed by atoms with Gasteiger partial charge in [0.1, 0.15) is 0 Å². The molecule has 2 amide bonds. The van der Waals surface area contributed by atoms with Crippen molar-refractivity contribution in [2.45, 2.75) is 33.6 Å². The molecular formula is C17H25N3O2. The summed E-state index contributed by atoms with van der Waals surface area (Å²) >= 11 is 0. The molecule has 0 saturated carbocycles. The molecule has 0 aromatic heterocycles. The maximum absolute atomic E-state index is 12.2. The molecule has 0 unspecified atom stereocenters. The van der Waals surface area contributed by atoms with E-state index >= 15 is 0 Å². The van der Waals surface area contributed by atoms with E-state index in [-0.39, 0.29) is 17.7 Å². The van der Waals surface area contributed by atoms with Gasteiger partial charge in [-0.05, 0) is 44.1 Å². The van der Waals surface area contributed by atoms with E-state index in [1.54, 1.807) is 6.07 Å². The number of benzene rings is 1. The molecule has 5 heteroatoms. The summed E-state index contributed by atoms with van der Waals surface area (Å²) in [6.07, 6.45) is 1.73. The van der Waals surface area contributed by atoms with Crippen LogP contribution in [0.15, 0.2) is 24.3 Å². The lowest BCUT2D eigenvalue weighted by Crippen LogP contribution is -2.34. The second-order valence-corrected chi connectivity index (χ2v) is 6.80. The van der Waals surface area contributed by atoms with Gasteiger partial charge in [0.15, 0.2) is 0 Å². The van der Waals surface area contributed by atoms with Crippen molar-refractivity contribution in [3.8, 4) is 0 Å². The fourth-order valence-corrected chi connectivity index (χ4v) is 2.32. The zero-order valence-electron chi connectivity index (χ0n) is 13.5. The number of hydrogen-bond donors (Lipinski definition) is 3. The molecule has 1 heterocycles. The number of nitrogens with one attached hydrogen (secondary N) is 3. The molecule has 0 spiro atoms. The molecule has 0 radical (unpaired) electrons. The number of anilines is 2. The molecular weight excluding hydrogens is 278 g/mol. The van der Waals surface area contributed by atoms with Crippen molar-refractivity contribution < 1.29 is 9.59 Å². The van der Waals surface area contributed by atoms with Crippen LogP contribution >= 0.6 is 0 Å². The summed E-state index contributed by atoms with van der Waals surface area (Å²) in [7, 11) is 0. The third-order valence-electron chi connectivity index (χ3n) is 3.78. The number of carbonyl (C=O) groups is 2. The Morgan fingerprint density at radius 3 is 2.27 bits per heavy atom. The second kappa shape index (κ2) is 6.92. The fourth-order valence-electron chi connectivity index (χ4n) is 2.32. The molecule has 120 valence electrons. The van der Waals surface area contributed by atoms with Crippen LogP contribution in [0.25, 0.3) is 0 Å². The molecule has 0 bridgehead atoms. The maximum Gasteiger partial charge on any atom is 0.229 e. The van der Waals surface area contributed by atoms with Gasteiger partial charge in [0, 0.05) is 22.7 Å². The molecule has 0 atom stereocenters. The predicted octanol–water partition coefficient (Wildman–Crippen LogP) is 2.61. The van der Waals surface area contributed by atoms with Crippen LogP contribution in [-0.2, 0) is 9.59 Å². The smallest absolute Gasteiger partial charge is 0.229 e. The molecule has 1 fully saturated rings. The topological polar surface area (TPSA) is 70.2 Å². The molecule has 5 nitrogen and oxygen atoms in total. The average Bonchev–Trinajstić information content (AvgIpc) is 2.47. The van der Waals surface area contributed by atoms with E-state index in [4.69, 9.17) is 0 Å². The summed E-state index contributed by atoms with van der Waals surface area (Å²) in [5, 5.41) is 9.07. The van der Waals surface area contributed by atoms with Crippen molar-refractivity contribution in [3.05, 3.63) is 24.3 Å². The Balaban J connectivity index is 1.99. The maximum atomic E-state index is 12.2. The van der Waals surface area contributed by atoms with E-state index in [1.807, 2.05) is 39.0 Å². The van der Waals surface area contributed by atoms with E-state index in [0.29, 0.717) is 5.69 Å². The van der Waals surface area contributed by atoms with E-state index in [1.165, 1.54) is 0 Å². The van der Waals surface area contributed by atoms with Crippen LogP contribution in [0, 0.1) is 11.3 Å². The molecule has 1 aliphatic rings. The van der Waals surface area contributed by atoms with Crippen LogP contribution < -0.4 is 16.0 Å². The van der Waals surface area contributed by atoms with Crippen LogP contribution in [0.2, 0.25) is 0 Å². The van der Waals surface area contributed by atoms with Gasteiger partial charge in [-0.25, -0.2) is 0 Å². The summed E-state index contributed by atoms with van der Waals surface area (Å²) in [4.78, 5) is 24.2. The SMILES string of the molecule is CC(C)(C)C(=O)Nc1cccc(NC(=O)C2CCNCC2)c1. The number of hydrogen-bond acceptors (Lipinski definition) is 3. The highest BCUT2D eigenvalue weighted by Crippen LogP contribution is 2.21. The van der Waals surface area contributed by atoms with Gasteiger partial charge in [0.25, 0.3) is 0 Å². The Kier molecular flexibility index (Phi) is 5.19. The number of amides is 2. The summed E-state index contributed by atoms with van der Waals surface area (Å²) in [5.74, 6) is 0.0733. The lowest BCUT2D eigenvalue weighted by molar-refractivity contribution is -0.123. The fraction of sp³-hybridized carbons (Fsp3) is 0.529. The van der Waals surface area contributed by atoms with Crippen molar-refractivity contribution in [3.63, 3.8) is 0 Å². The minimum Gasteiger partial charge on any atom is -0.326 e. The first kappa shape index (κ1) is 16.5. The van der Waals surface area contributed by atoms with E-state index in [9.17, 15) is 9.59 Å². The van der Waals surface area contributed by atoms with Crippen molar-refractivity contribution in [1.29, 1.82) is 0 Å². The minimum atomic E-state index is -0.450. The van der Waals surface area contributed by atoms with Gasteiger partial charge in [0.2, 0.25) is 11.8 Å². The van der Waals surface area contributed by atoms with Crippen LogP contribution in [0.4, 0.5) is 11.4 Å². The molecule has 0 aliphatic carbocycles. The molecule has 1 saturated heterocycles. The third-order valence-corrected chi connectivity index (χ3v) is 3.78. The molecule has 3 N–H and O–H groups in total. The van der Waals surface area contributed by atoms with Gasteiger partial charge < -0.3 is 16.0 Å². The van der Waals surface area contributed by atoms with Gasteiger partial charge in [-0.1, -0.05) is 26.8 Å². The first-order chi connectivity index (χ1) is 10.4. The van der Waals surface area contributed by atoms with Crippen molar-refractivity contribution in [1.82, 2.24) is 5.32 Å². The zero-order valence-corrected chi connectivity index (χ0v) is 13.5. The normalized spacial score (nSPS) is 16.1. The summed E-state index contributed by atoms with van der Waals surface area (Å²) < 4.78 is 0.